The van der Waals surface area contributed by atoms with Gasteiger partial charge >= 0.3 is 6.03 Å². The Bertz CT molecular complexity index is 619. The molecule has 2 amide bonds. The van der Waals surface area contributed by atoms with Crippen molar-refractivity contribution >= 4 is 23.4 Å². The van der Waals surface area contributed by atoms with Crippen LogP contribution in [0.5, 0.6) is 0 Å². The van der Waals surface area contributed by atoms with Gasteiger partial charge in [-0.25, -0.2) is 4.79 Å². The van der Waals surface area contributed by atoms with Crippen molar-refractivity contribution < 1.29 is 9.90 Å². The smallest absolute Gasteiger partial charge is 0.320 e. The summed E-state index contributed by atoms with van der Waals surface area (Å²) in [5.74, 6) is 0.326. The van der Waals surface area contributed by atoms with Crippen LogP contribution in [0.25, 0.3) is 0 Å². The second-order valence-corrected chi connectivity index (χ2v) is 5.08. The standard InChI is InChI=1S/C14H15ClN4O2/c1-14(21,10-5-2-3-6-11(10)15)9-16-13(20)18-12-7-4-8-17-19-12/h2-8,21H,9H2,1H3,(H2,16,18,19,20). The quantitative estimate of drug-likeness (QED) is 0.808. The van der Waals surface area contributed by atoms with Crippen molar-refractivity contribution in [3.05, 3.63) is 53.2 Å². The number of hydrogen-bond donors (Lipinski definition) is 3. The summed E-state index contributed by atoms with van der Waals surface area (Å²) in [6, 6.07) is 9.73. The number of urea groups is 1. The van der Waals surface area contributed by atoms with Crippen LogP contribution in [0.2, 0.25) is 5.02 Å². The van der Waals surface area contributed by atoms with Gasteiger partial charge in [0.25, 0.3) is 0 Å². The van der Waals surface area contributed by atoms with Gasteiger partial charge in [0.1, 0.15) is 5.60 Å². The summed E-state index contributed by atoms with van der Waals surface area (Å²) in [6.07, 6.45) is 1.51. The van der Waals surface area contributed by atoms with Crippen LogP contribution in [0.3, 0.4) is 0 Å². The van der Waals surface area contributed by atoms with Crippen LogP contribution < -0.4 is 10.6 Å². The van der Waals surface area contributed by atoms with E-state index in [0.29, 0.717) is 16.4 Å². The molecule has 0 saturated carbocycles. The second-order valence-electron chi connectivity index (χ2n) is 4.67. The van der Waals surface area contributed by atoms with Gasteiger partial charge < -0.3 is 10.4 Å². The summed E-state index contributed by atoms with van der Waals surface area (Å²) in [4.78, 5) is 11.7. The first-order valence-electron chi connectivity index (χ1n) is 6.29. The minimum Gasteiger partial charge on any atom is -0.384 e. The van der Waals surface area contributed by atoms with Crippen molar-refractivity contribution in [2.24, 2.45) is 0 Å². The summed E-state index contributed by atoms with van der Waals surface area (Å²) in [5.41, 5.74) is -0.732. The molecule has 1 unspecified atom stereocenters. The van der Waals surface area contributed by atoms with E-state index < -0.39 is 11.6 Å². The Hall–Kier alpha value is -2.18. The van der Waals surface area contributed by atoms with Crippen molar-refractivity contribution in [1.29, 1.82) is 0 Å². The highest BCUT2D eigenvalue weighted by Crippen LogP contribution is 2.27. The molecule has 2 aromatic rings. The maximum atomic E-state index is 11.7. The molecule has 0 aliphatic carbocycles. The molecular weight excluding hydrogens is 292 g/mol. The highest BCUT2D eigenvalue weighted by Gasteiger charge is 2.26. The molecule has 2 rings (SSSR count). The monoisotopic (exact) mass is 306 g/mol. The number of carbonyl (C=O) groups is 1. The van der Waals surface area contributed by atoms with E-state index in [1.807, 2.05) is 0 Å². The Morgan fingerprint density at radius 3 is 2.76 bits per heavy atom. The minimum absolute atomic E-state index is 0.00281. The van der Waals surface area contributed by atoms with Crippen molar-refractivity contribution in [1.82, 2.24) is 15.5 Å². The van der Waals surface area contributed by atoms with Gasteiger partial charge in [0.2, 0.25) is 0 Å². The zero-order chi connectivity index (χ0) is 15.3. The lowest BCUT2D eigenvalue weighted by atomic mass is 9.96. The Balaban J connectivity index is 1.96. The maximum Gasteiger partial charge on any atom is 0.320 e. The van der Waals surface area contributed by atoms with E-state index in [-0.39, 0.29) is 6.54 Å². The van der Waals surface area contributed by atoms with Gasteiger partial charge in [-0.15, -0.1) is 5.10 Å². The van der Waals surface area contributed by atoms with Gasteiger partial charge in [0, 0.05) is 16.8 Å². The van der Waals surface area contributed by atoms with E-state index in [2.05, 4.69) is 20.8 Å². The predicted molar refractivity (Wildman–Crippen MR) is 80.1 cm³/mol. The van der Waals surface area contributed by atoms with Crippen LogP contribution in [0.4, 0.5) is 10.6 Å². The van der Waals surface area contributed by atoms with Crippen molar-refractivity contribution in [3.8, 4) is 0 Å². The maximum absolute atomic E-state index is 11.7. The van der Waals surface area contributed by atoms with Gasteiger partial charge in [-0.3, -0.25) is 5.32 Å². The lowest BCUT2D eigenvalue weighted by Crippen LogP contribution is -2.40. The van der Waals surface area contributed by atoms with Crippen molar-refractivity contribution in [2.45, 2.75) is 12.5 Å². The third-order valence-electron chi connectivity index (χ3n) is 2.86. The largest absolute Gasteiger partial charge is 0.384 e. The van der Waals surface area contributed by atoms with Crippen LogP contribution in [0.1, 0.15) is 12.5 Å². The minimum atomic E-state index is -1.28. The molecule has 1 aromatic carbocycles. The number of anilines is 1. The zero-order valence-corrected chi connectivity index (χ0v) is 12.1. The van der Waals surface area contributed by atoms with E-state index in [0.717, 1.165) is 0 Å². The first-order valence-corrected chi connectivity index (χ1v) is 6.67. The molecule has 0 bridgehead atoms. The molecule has 1 atom stereocenters. The number of benzene rings is 1. The molecule has 0 fully saturated rings. The zero-order valence-electron chi connectivity index (χ0n) is 11.4. The Labute approximate surface area is 127 Å². The third kappa shape index (κ3) is 4.14. The number of nitrogens with one attached hydrogen (secondary N) is 2. The number of hydrogen-bond acceptors (Lipinski definition) is 4. The summed E-state index contributed by atoms with van der Waals surface area (Å²) in [7, 11) is 0. The number of aromatic nitrogens is 2. The second kappa shape index (κ2) is 6.51. The highest BCUT2D eigenvalue weighted by atomic mass is 35.5. The number of carbonyl (C=O) groups excluding carboxylic acids is 1. The molecule has 0 aliphatic heterocycles. The van der Waals surface area contributed by atoms with E-state index in [4.69, 9.17) is 11.6 Å². The molecule has 1 heterocycles. The number of halogens is 1. The fourth-order valence-electron chi connectivity index (χ4n) is 1.77. The van der Waals surface area contributed by atoms with Gasteiger partial charge in [-0.2, -0.15) is 5.10 Å². The lowest BCUT2D eigenvalue weighted by molar-refractivity contribution is 0.0600. The van der Waals surface area contributed by atoms with Crippen LogP contribution in [0, 0.1) is 0 Å². The molecule has 0 spiro atoms. The fraction of sp³-hybridized carbons (Fsp3) is 0.214. The first-order chi connectivity index (χ1) is 9.99. The molecule has 0 saturated heterocycles. The van der Waals surface area contributed by atoms with Gasteiger partial charge in [-0.05, 0) is 25.1 Å². The molecule has 3 N–H and O–H groups in total. The van der Waals surface area contributed by atoms with Crippen LogP contribution >= 0.6 is 11.6 Å². The normalized spacial score (nSPS) is 13.3. The van der Waals surface area contributed by atoms with E-state index in [9.17, 15) is 9.90 Å². The van der Waals surface area contributed by atoms with E-state index in [1.165, 1.54) is 6.20 Å². The van der Waals surface area contributed by atoms with Crippen LogP contribution in [-0.4, -0.2) is 27.9 Å². The number of amides is 2. The average Bonchev–Trinajstić information content (AvgIpc) is 2.47. The number of aliphatic hydroxyl groups is 1. The number of nitrogens with zero attached hydrogens (tertiary/aromatic N) is 2. The Morgan fingerprint density at radius 1 is 1.33 bits per heavy atom. The van der Waals surface area contributed by atoms with Gasteiger partial charge in [0.05, 0.1) is 6.54 Å². The molecule has 0 aliphatic rings. The predicted octanol–water partition coefficient (Wildman–Crippen LogP) is 2.16. The molecule has 7 heteroatoms. The summed E-state index contributed by atoms with van der Waals surface area (Å²) < 4.78 is 0. The summed E-state index contributed by atoms with van der Waals surface area (Å²) in [5, 5.41) is 23.3. The third-order valence-corrected chi connectivity index (χ3v) is 3.19. The molecule has 21 heavy (non-hydrogen) atoms. The van der Waals surface area contributed by atoms with Crippen LogP contribution in [0.15, 0.2) is 42.6 Å². The van der Waals surface area contributed by atoms with Crippen molar-refractivity contribution in [2.75, 3.05) is 11.9 Å². The Morgan fingerprint density at radius 2 is 2.10 bits per heavy atom. The van der Waals surface area contributed by atoms with E-state index >= 15 is 0 Å². The molecular formula is C14H15ClN4O2. The summed E-state index contributed by atoms with van der Waals surface area (Å²) >= 11 is 6.05. The molecule has 110 valence electrons. The summed E-state index contributed by atoms with van der Waals surface area (Å²) in [6.45, 7) is 1.58. The van der Waals surface area contributed by atoms with Gasteiger partial charge in [-0.1, -0.05) is 29.8 Å². The molecule has 6 nitrogen and oxygen atoms in total. The SMILES string of the molecule is CC(O)(CNC(=O)Nc1cccnn1)c1ccccc1Cl. The van der Waals surface area contributed by atoms with Gasteiger partial charge in [0.15, 0.2) is 5.82 Å². The number of rotatable bonds is 4. The molecule has 1 aromatic heterocycles. The lowest BCUT2D eigenvalue weighted by Gasteiger charge is -2.25. The fourth-order valence-corrected chi connectivity index (χ4v) is 2.11. The highest BCUT2D eigenvalue weighted by molar-refractivity contribution is 6.31. The van der Waals surface area contributed by atoms with E-state index in [1.54, 1.807) is 43.3 Å². The van der Waals surface area contributed by atoms with Crippen LogP contribution in [-0.2, 0) is 5.60 Å². The van der Waals surface area contributed by atoms with Crippen molar-refractivity contribution in [3.63, 3.8) is 0 Å². The Kier molecular flexibility index (Phi) is 4.72. The molecule has 0 radical (unpaired) electrons. The average molecular weight is 307 g/mol. The first kappa shape index (κ1) is 15.2. The topological polar surface area (TPSA) is 87.1 Å².